The first kappa shape index (κ1) is 24.2. The number of hydrogen-bond acceptors (Lipinski definition) is 6. The van der Waals surface area contributed by atoms with Gasteiger partial charge in [0.05, 0.1) is 0 Å². The highest BCUT2D eigenvalue weighted by Crippen LogP contribution is 2.24. The molecule has 0 rings (SSSR count). The Morgan fingerprint density at radius 3 is 1.19 bits per heavy atom. The van der Waals surface area contributed by atoms with Crippen LogP contribution in [0.1, 0.15) is 0 Å². The van der Waals surface area contributed by atoms with Crippen LogP contribution in [0, 0.1) is 0 Å². The Bertz CT molecular complexity index is 507. The molecule has 0 aromatic rings. The first-order chi connectivity index (χ1) is 11.7. The molecule has 0 aromatic heterocycles. The molecule has 150 valence electrons. The standard InChI is InChI=1S/C10H10F6N2O6S2/c11-9(12,13)7(23)17-3(5(19)20)1-25-26-2-4(6(21)22)18-8(24)10(14,15)16/h3-4H,1-2H2,(H,17,23)(H,18,24)(H,19,20)(H,21,22)/t3-,4-/m0/s1. The third-order valence-corrected chi connectivity index (χ3v) is 4.70. The maximum absolute atomic E-state index is 12.1. The number of hydrogen-bond donors (Lipinski definition) is 4. The Balaban J connectivity index is 4.57. The van der Waals surface area contributed by atoms with E-state index in [9.17, 15) is 45.5 Å². The number of nitrogens with one attached hydrogen (secondary N) is 2. The van der Waals surface area contributed by atoms with Crippen LogP contribution in [0.2, 0.25) is 0 Å². The Morgan fingerprint density at radius 1 is 0.731 bits per heavy atom. The Hall–Kier alpha value is -1.84. The van der Waals surface area contributed by atoms with Crippen LogP contribution >= 0.6 is 21.6 Å². The van der Waals surface area contributed by atoms with Crippen molar-refractivity contribution in [1.29, 1.82) is 0 Å². The van der Waals surface area contributed by atoms with Gasteiger partial charge in [0, 0.05) is 11.5 Å². The van der Waals surface area contributed by atoms with Gasteiger partial charge >= 0.3 is 36.1 Å². The van der Waals surface area contributed by atoms with Crippen LogP contribution in [0.15, 0.2) is 0 Å². The molecule has 8 nitrogen and oxygen atoms in total. The molecule has 0 aliphatic carbocycles. The van der Waals surface area contributed by atoms with E-state index in [1.807, 2.05) is 0 Å². The Morgan fingerprint density at radius 2 is 1.00 bits per heavy atom. The minimum Gasteiger partial charge on any atom is -0.480 e. The summed E-state index contributed by atoms with van der Waals surface area (Å²) in [5, 5.41) is 19.8. The molecular formula is C10H10F6N2O6S2. The summed E-state index contributed by atoms with van der Waals surface area (Å²) >= 11 is 0. The minimum atomic E-state index is -5.32. The number of carboxylic acids is 2. The van der Waals surface area contributed by atoms with Crippen molar-refractivity contribution >= 4 is 45.3 Å². The van der Waals surface area contributed by atoms with Crippen LogP contribution in [-0.2, 0) is 19.2 Å². The summed E-state index contributed by atoms with van der Waals surface area (Å²) in [4.78, 5) is 42.9. The van der Waals surface area contributed by atoms with E-state index in [1.54, 1.807) is 0 Å². The average molecular weight is 432 g/mol. The quantitative estimate of drug-likeness (QED) is 0.237. The van der Waals surface area contributed by atoms with E-state index < -0.39 is 59.7 Å². The van der Waals surface area contributed by atoms with Crippen molar-refractivity contribution in [2.75, 3.05) is 11.5 Å². The topological polar surface area (TPSA) is 133 Å². The van der Waals surface area contributed by atoms with Gasteiger partial charge in [-0.1, -0.05) is 21.6 Å². The number of carboxylic acid groups (broad SMARTS) is 2. The average Bonchev–Trinajstić information content (AvgIpc) is 2.45. The van der Waals surface area contributed by atoms with Gasteiger partial charge in [-0.25, -0.2) is 9.59 Å². The van der Waals surface area contributed by atoms with E-state index in [1.165, 1.54) is 10.6 Å². The molecule has 0 radical (unpaired) electrons. The van der Waals surface area contributed by atoms with Crippen molar-refractivity contribution in [1.82, 2.24) is 10.6 Å². The molecule has 0 fully saturated rings. The van der Waals surface area contributed by atoms with Crippen molar-refractivity contribution in [3.63, 3.8) is 0 Å². The second-order valence-corrected chi connectivity index (χ2v) is 6.85. The van der Waals surface area contributed by atoms with Crippen molar-refractivity contribution in [3.8, 4) is 0 Å². The number of rotatable bonds is 9. The lowest BCUT2D eigenvalue weighted by Gasteiger charge is -2.17. The van der Waals surface area contributed by atoms with E-state index in [4.69, 9.17) is 10.2 Å². The summed E-state index contributed by atoms with van der Waals surface area (Å²) in [7, 11) is 0.961. The van der Waals surface area contributed by atoms with Gasteiger partial charge in [0.2, 0.25) is 0 Å². The van der Waals surface area contributed by atoms with E-state index in [-0.39, 0.29) is 0 Å². The summed E-state index contributed by atoms with van der Waals surface area (Å²) in [5.41, 5.74) is 0. The predicted molar refractivity (Wildman–Crippen MR) is 76.2 cm³/mol. The molecule has 2 atom stereocenters. The van der Waals surface area contributed by atoms with Crippen LogP contribution in [0.25, 0.3) is 0 Å². The molecule has 0 saturated heterocycles. The number of carbonyl (C=O) groups excluding carboxylic acids is 2. The van der Waals surface area contributed by atoms with E-state index in [0.29, 0.717) is 21.6 Å². The lowest BCUT2D eigenvalue weighted by molar-refractivity contribution is -0.175. The number of carbonyl (C=O) groups is 4. The number of aliphatic carboxylic acids is 2. The predicted octanol–water partition coefficient (Wildman–Crippen LogP) is 0.631. The molecule has 0 bridgehead atoms. The fourth-order valence-electron chi connectivity index (χ4n) is 1.06. The third-order valence-electron chi connectivity index (χ3n) is 2.27. The SMILES string of the molecule is O=C(O)[C@H](CSSC[C@H](NC(=O)C(F)(F)F)C(=O)O)NC(=O)C(F)(F)F. The molecule has 0 heterocycles. The molecule has 0 aliphatic rings. The fraction of sp³-hybridized carbons (Fsp3) is 0.600. The van der Waals surface area contributed by atoms with Crippen molar-refractivity contribution in [3.05, 3.63) is 0 Å². The lowest BCUT2D eigenvalue weighted by Crippen LogP contribution is -2.48. The molecule has 0 saturated carbocycles. The van der Waals surface area contributed by atoms with Gasteiger partial charge < -0.3 is 20.8 Å². The molecule has 0 spiro atoms. The molecule has 0 unspecified atom stereocenters. The van der Waals surface area contributed by atoms with Gasteiger partial charge in [-0.05, 0) is 0 Å². The first-order valence-corrected chi connectivity index (χ1v) is 8.60. The highest BCUT2D eigenvalue weighted by molar-refractivity contribution is 8.76. The lowest BCUT2D eigenvalue weighted by atomic mass is 10.3. The van der Waals surface area contributed by atoms with Crippen molar-refractivity contribution < 1.29 is 55.7 Å². The van der Waals surface area contributed by atoms with Crippen LogP contribution in [0.3, 0.4) is 0 Å². The summed E-state index contributed by atoms with van der Waals surface area (Å²) in [6.45, 7) is 0. The van der Waals surface area contributed by atoms with Crippen LogP contribution in [-0.4, -0.2) is 69.9 Å². The van der Waals surface area contributed by atoms with Crippen LogP contribution in [0.5, 0.6) is 0 Å². The summed E-state index contributed by atoms with van der Waals surface area (Å²) < 4.78 is 72.4. The first-order valence-electron chi connectivity index (χ1n) is 6.11. The molecular weight excluding hydrogens is 422 g/mol. The highest BCUT2D eigenvalue weighted by atomic mass is 33.1. The van der Waals surface area contributed by atoms with Gasteiger partial charge in [0.25, 0.3) is 0 Å². The largest absolute Gasteiger partial charge is 0.480 e. The van der Waals surface area contributed by atoms with E-state index in [2.05, 4.69) is 0 Å². The molecule has 4 N–H and O–H groups in total. The van der Waals surface area contributed by atoms with Gasteiger partial charge in [0.15, 0.2) is 0 Å². The van der Waals surface area contributed by atoms with Gasteiger partial charge in [0.1, 0.15) is 12.1 Å². The second-order valence-electron chi connectivity index (χ2n) is 4.29. The van der Waals surface area contributed by atoms with Gasteiger partial charge in [-0.3, -0.25) is 9.59 Å². The molecule has 0 aromatic carbocycles. The van der Waals surface area contributed by atoms with E-state index in [0.717, 1.165) is 0 Å². The Labute approximate surface area is 148 Å². The zero-order chi connectivity index (χ0) is 20.7. The van der Waals surface area contributed by atoms with Crippen molar-refractivity contribution in [2.24, 2.45) is 0 Å². The summed E-state index contributed by atoms with van der Waals surface area (Å²) in [6, 6.07) is -3.95. The number of alkyl halides is 6. The van der Waals surface area contributed by atoms with Gasteiger partial charge in [-0.2, -0.15) is 26.3 Å². The summed E-state index contributed by atoms with van der Waals surface area (Å²) in [5.74, 6) is -9.93. The van der Waals surface area contributed by atoms with Gasteiger partial charge in [-0.15, -0.1) is 0 Å². The smallest absolute Gasteiger partial charge is 0.471 e. The van der Waals surface area contributed by atoms with Crippen molar-refractivity contribution in [2.45, 2.75) is 24.4 Å². The van der Waals surface area contributed by atoms with Crippen LogP contribution < -0.4 is 10.6 Å². The fourth-order valence-corrected chi connectivity index (χ4v) is 3.37. The second kappa shape index (κ2) is 9.75. The Kier molecular flexibility index (Phi) is 9.06. The molecule has 16 heteroatoms. The monoisotopic (exact) mass is 432 g/mol. The minimum absolute atomic E-state index is 0.480. The van der Waals surface area contributed by atoms with Crippen LogP contribution in [0.4, 0.5) is 26.3 Å². The number of halogens is 6. The number of amides is 2. The third kappa shape index (κ3) is 9.02. The summed E-state index contributed by atoms with van der Waals surface area (Å²) in [6.07, 6.45) is -10.6. The molecule has 2 amide bonds. The highest BCUT2D eigenvalue weighted by Gasteiger charge is 2.42. The van der Waals surface area contributed by atoms with E-state index >= 15 is 0 Å². The molecule has 26 heavy (non-hydrogen) atoms. The zero-order valence-corrected chi connectivity index (χ0v) is 13.8. The normalized spacial score (nSPS) is 14.2. The zero-order valence-electron chi connectivity index (χ0n) is 12.2. The maximum atomic E-state index is 12.1. The molecule has 0 aliphatic heterocycles. The maximum Gasteiger partial charge on any atom is 0.471 e.